The molecule has 1 aromatic rings. The zero-order chi connectivity index (χ0) is 12.0. The maximum Gasteiger partial charge on any atom is 0.123 e. The topological polar surface area (TPSA) is 29.5 Å². The molecule has 0 spiro atoms. The Bertz CT molecular complexity index is 405. The predicted molar refractivity (Wildman–Crippen MR) is 64.7 cm³/mol. The summed E-state index contributed by atoms with van der Waals surface area (Å²) in [5.74, 6) is 0.957. The maximum absolute atomic E-state index is 9.17. The summed E-state index contributed by atoms with van der Waals surface area (Å²) in [5, 5.41) is 9.17. The molecule has 88 valence electrons. The predicted octanol–water partition coefficient (Wildman–Crippen LogP) is 3.02. The van der Waals surface area contributed by atoms with Gasteiger partial charge in [0.1, 0.15) is 11.4 Å². The van der Waals surface area contributed by atoms with Gasteiger partial charge >= 0.3 is 0 Å². The average molecular weight is 220 g/mol. The lowest BCUT2D eigenvalue weighted by Gasteiger charge is -2.42. The highest BCUT2D eigenvalue weighted by molar-refractivity contribution is 5.44. The molecule has 0 saturated carbocycles. The highest BCUT2D eigenvalue weighted by atomic mass is 16.5. The van der Waals surface area contributed by atoms with Crippen molar-refractivity contribution in [3.63, 3.8) is 0 Å². The van der Waals surface area contributed by atoms with Crippen LogP contribution in [0.5, 0.6) is 5.75 Å². The molecule has 0 aliphatic carbocycles. The van der Waals surface area contributed by atoms with Crippen LogP contribution < -0.4 is 4.74 Å². The fraction of sp³-hybridized carbons (Fsp3) is 0.571. The Kier molecular flexibility index (Phi) is 2.50. The van der Waals surface area contributed by atoms with Crippen molar-refractivity contribution in [2.24, 2.45) is 0 Å². The summed E-state index contributed by atoms with van der Waals surface area (Å²) in [6.45, 7) is 8.80. The molecule has 1 heterocycles. The lowest BCUT2D eigenvalue weighted by molar-refractivity contribution is 0.0533. The molecule has 1 aromatic carbocycles. The van der Waals surface area contributed by atoms with Crippen LogP contribution >= 0.6 is 0 Å². The first-order chi connectivity index (χ1) is 7.34. The minimum Gasteiger partial charge on any atom is -0.488 e. The molecule has 16 heavy (non-hydrogen) atoms. The highest BCUT2D eigenvalue weighted by Crippen LogP contribution is 2.44. The fourth-order valence-corrected chi connectivity index (χ4v) is 2.79. The standard InChI is InChI=1S/C14H20O2/c1-13(2)9-14(3,4)16-12-6-5-10(8-15)7-11(12)13/h5-7,15H,8-9H2,1-4H3. The van der Waals surface area contributed by atoms with Crippen LogP contribution in [0.4, 0.5) is 0 Å². The Morgan fingerprint density at radius 1 is 1.25 bits per heavy atom. The number of hydrogen-bond acceptors (Lipinski definition) is 2. The molecule has 1 aliphatic heterocycles. The summed E-state index contributed by atoms with van der Waals surface area (Å²) in [5.41, 5.74) is 2.15. The first-order valence-corrected chi connectivity index (χ1v) is 5.77. The van der Waals surface area contributed by atoms with Gasteiger partial charge in [0.15, 0.2) is 0 Å². The van der Waals surface area contributed by atoms with Crippen LogP contribution in [-0.2, 0) is 12.0 Å². The van der Waals surface area contributed by atoms with E-state index >= 15 is 0 Å². The monoisotopic (exact) mass is 220 g/mol. The maximum atomic E-state index is 9.17. The van der Waals surface area contributed by atoms with Gasteiger partial charge in [0.2, 0.25) is 0 Å². The van der Waals surface area contributed by atoms with Gasteiger partial charge in [0.25, 0.3) is 0 Å². The minimum absolute atomic E-state index is 0.0900. The van der Waals surface area contributed by atoms with Crippen LogP contribution in [0.3, 0.4) is 0 Å². The lowest BCUT2D eigenvalue weighted by atomic mass is 9.73. The van der Waals surface area contributed by atoms with Gasteiger partial charge in [-0.05, 0) is 43.4 Å². The molecule has 1 aliphatic rings. The number of fused-ring (bicyclic) bond motifs is 1. The van der Waals surface area contributed by atoms with E-state index in [1.165, 1.54) is 5.56 Å². The van der Waals surface area contributed by atoms with Crippen molar-refractivity contribution < 1.29 is 9.84 Å². The second-order valence-corrected chi connectivity index (χ2v) is 5.91. The second-order valence-electron chi connectivity index (χ2n) is 5.91. The van der Waals surface area contributed by atoms with Crippen LogP contribution in [0.15, 0.2) is 18.2 Å². The smallest absolute Gasteiger partial charge is 0.123 e. The molecule has 0 aromatic heterocycles. The van der Waals surface area contributed by atoms with Crippen molar-refractivity contribution in [2.45, 2.75) is 51.7 Å². The first-order valence-electron chi connectivity index (χ1n) is 5.77. The van der Waals surface area contributed by atoms with Gasteiger partial charge in [0.05, 0.1) is 6.61 Å². The van der Waals surface area contributed by atoms with Crippen LogP contribution in [0.25, 0.3) is 0 Å². The lowest BCUT2D eigenvalue weighted by Crippen LogP contribution is -2.41. The third kappa shape index (κ3) is 1.94. The van der Waals surface area contributed by atoms with E-state index in [2.05, 4.69) is 33.8 Å². The number of aliphatic hydroxyl groups is 1. The number of rotatable bonds is 1. The van der Waals surface area contributed by atoms with Crippen molar-refractivity contribution in [3.8, 4) is 5.75 Å². The molecule has 0 bridgehead atoms. The van der Waals surface area contributed by atoms with E-state index in [-0.39, 0.29) is 17.6 Å². The third-order valence-corrected chi connectivity index (χ3v) is 3.21. The van der Waals surface area contributed by atoms with E-state index < -0.39 is 0 Å². The largest absolute Gasteiger partial charge is 0.488 e. The first kappa shape index (κ1) is 11.5. The molecular formula is C14H20O2. The Balaban J connectivity index is 2.51. The molecular weight excluding hydrogens is 200 g/mol. The Labute approximate surface area is 97.3 Å². The SMILES string of the molecule is CC1(C)CC(C)(C)c2cc(CO)ccc2O1. The normalized spacial score (nSPS) is 21.1. The molecule has 0 atom stereocenters. The molecule has 2 nitrogen and oxygen atoms in total. The van der Waals surface area contributed by atoms with Crippen molar-refractivity contribution in [2.75, 3.05) is 0 Å². The van der Waals surface area contributed by atoms with Crippen LogP contribution in [0.2, 0.25) is 0 Å². The third-order valence-electron chi connectivity index (χ3n) is 3.21. The minimum atomic E-state index is -0.114. The average Bonchev–Trinajstić information content (AvgIpc) is 2.14. The zero-order valence-electron chi connectivity index (χ0n) is 10.5. The van der Waals surface area contributed by atoms with Crippen molar-refractivity contribution in [1.82, 2.24) is 0 Å². The fourth-order valence-electron chi connectivity index (χ4n) is 2.79. The Morgan fingerprint density at radius 3 is 2.56 bits per heavy atom. The molecule has 1 N–H and O–H groups in total. The van der Waals surface area contributed by atoms with Crippen molar-refractivity contribution >= 4 is 0 Å². The highest BCUT2D eigenvalue weighted by Gasteiger charge is 2.38. The number of benzene rings is 1. The molecule has 2 rings (SSSR count). The number of hydrogen-bond donors (Lipinski definition) is 1. The summed E-state index contributed by atoms with van der Waals surface area (Å²) in [6.07, 6.45) is 0.988. The zero-order valence-corrected chi connectivity index (χ0v) is 10.5. The van der Waals surface area contributed by atoms with Gasteiger partial charge in [-0.25, -0.2) is 0 Å². The summed E-state index contributed by atoms with van der Waals surface area (Å²) in [7, 11) is 0. The van der Waals surface area contributed by atoms with Gasteiger partial charge < -0.3 is 9.84 Å². The van der Waals surface area contributed by atoms with E-state index in [0.29, 0.717) is 0 Å². The molecule has 0 unspecified atom stereocenters. The molecule has 0 fully saturated rings. The second kappa shape index (κ2) is 3.49. The van der Waals surface area contributed by atoms with Crippen molar-refractivity contribution in [3.05, 3.63) is 29.3 Å². The van der Waals surface area contributed by atoms with Gasteiger partial charge in [-0.15, -0.1) is 0 Å². The van der Waals surface area contributed by atoms with Crippen LogP contribution in [-0.4, -0.2) is 10.7 Å². The Hall–Kier alpha value is -1.02. The van der Waals surface area contributed by atoms with Gasteiger partial charge in [-0.3, -0.25) is 0 Å². The summed E-state index contributed by atoms with van der Waals surface area (Å²) in [4.78, 5) is 0. The van der Waals surface area contributed by atoms with E-state index in [0.717, 1.165) is 17.7 Å². The van der Waals surface area contributed by atoms with Crippen molar-refractivity contribution in [1.29, 1.82) is 0 Å². The summed E-state index contributed by atoms with van der Waals surface area (Å²) in [6, 6.07) is 5.96. The van der Waals surface area contributed by atoms with E-state index in [1.807, 2.05) is 12.1 Å². The number of aliphatic hydroxyl groups excluding tert-OH is 1. The summed E-state index contributed by atoms with van der Waals surface area (Å²) < 4.78 is 5.97. The summed E-state index contributed by atoms with van der Waals surface area (Å²) >= 11 is 0. The van der Waals surface area contributed by atoms with Crippen LogP contribution in [0.1, 0.15) is 45.2 Å². The molecule has 2 heteroatoms. The molecule has 0 amide bonds. The van der Waals surface area contributed by atoms with Gasteiger partial charge in [-0.2, -0.15) is 0 Å². The number of ether oxygens (including phenoxy) is 1. The molecule has 0 saturated heterocycles. The van der Waals surface area contributed by atoms with E-state index in [9.17, 15) is 5.11 Å². The van der Waals surface area contributed by atoms with E-state index in [1.54, 1.807) is 0 Å². The van der Waals surface area contributed by atoms with Crippen LogP contribution in [0, 0.1) is 0 Å². The van der Waals surface area contributed by atoms with Gasteiger partial charge in [0, 0.05) is 5.56 Å². The van der Waals surface area contributed by atoms with E-state index in [4.69, 9.17) is 4.74 Å². The molecule has 0 radical (unpaired) electrons. The Morgan fingerprint density at radius 2 is 1.94 bits per heavy atom. The quantitative estimate of drug-likeness (QED) is 0.788. The van der Waals surface area contributed by atoms with Gasteiger partial charge in [-0.1, -0.05) is 19.9 Å².